The van der Waals surface area contributed by atoms with Crippen molar-refractivity contribution >= 4 is 5.91 Å². The Labute approximate surface area is 141 Å². The van der Waals surface area contributed by atoms with Crippen molar-refractivity contribution in [1.82, 2.24) is 4.90 Å². The summed E-state index contributed by atoms with van der Waals surface area (Å²) in [6.07, 6.45) is 0.795. The molecule has 2 aliphatic heterocycles. The molecule has 2 heterocycles. The van der Waals surface area contributed by atoms with Gasteiger partial charge in [0, 0.05) is 18.9 Å². The molecule has 122 valence electrons. The maximum absolute atomic E-state index is 13.2. The van der Waals surface area contributed by atoms with Crippen LogP contribution < -0.4 is 4.74 Å². The van der Waals surface area contributed by atoms with Gasteiger partial charge in [0.05, 0.1) is 19.6 Å². The SMILES string of the molecule is COc1ccc2c(c1)-c1ccccc1[C@@H]1C(=O)N3CCO[C@H]3C[C@H]21. The largest absolute Gasteiger partial charge is 0.497 e. The average Bonchev–Trinajstić information content (AvgIpc) is 3.10. The highest BCUT2D eigenvalue weighted by atomic mass is 16.5. The van der Waals surface area contributed by atoms with E-state index in [-0.39, 0.29) is 24.0 Å². The lowest BCUT2D eigenvalue weighted by atomic mass is 9.68. The number of nitrogens with zero attached hydrogens (tertiary/aromatic N) is 1. The van der Waals surface area contributed by atoms with E-state index in [1.165, 1.54) is 11.1 Å². The molecule has 0 spiro atoms. The number of amides is 1. The number of carbonyl (C=O) groups is 1. The monoisotopic (exact) mass is 321 g/mol. The van der Waals surface area contributed by atoms with E-state index in [1.54, 1.807) is 7.11 Å². The Morgan fingerprint density at radius 1 is 1.12 bits per heavy atom. The van der Waals surface area contributed by atoms with Crippen LogP contribution in [0.2, 0.25) is 0 Å². The maximum atomic E-state index is 13.2. The molecule has 2 aromatic rings. The molecule has 0 N–H and O–H groups in total. The summed E-state index contributed by atoms with van der Waals surface area (Å²) in [6, 6.07) is 14.5. The first kappa shape index (κ1) is 14.1. The van der Waals surface area contributed by atoms with Crippen LogP contribution in [-0.4, -0.2) is 37.3 Å². The molecule has 2 fully saturated rings. The number of ether oxygens (including phenoxy) is 2. The Morgan fingerprint density at radius 2 is 2.00 bits per heavy atom. The molecule has 3 atom stereocenters. The van der Waals surface area contributed by atoms with E-state index in [1.807, 2.05) is 23.1 Å². The zero-order valence-electron chi connectivity index (χ0n) is 13.6. The molecule has 0 radical (unpaired) electrons. The van der Waals surface area contributed by atoms with E-state index in [2.05, 4.69) is 24.3 Å². The van der Waals surface area contributed by atoms with Crippen LogP contribution in [0.4, 0.5) is 0 Å². The lowest BCUT2D eigenvalue weighted by molar-refractivity contribution is -0.143. The summed E-state index contributed by atoms with van der Waals surface area (Å²) in [5.41, 5.74) is 4.71. The predicted molar refractivity (Wildman–Crippen MR) is 90.0 cm³/mol. The van der Waals surface area contributed by atoms with Crippen molar-refractivity contribution in [3.63, 3.8) is 0 Å². The molecule has 1 aliphatic carbocycles. The van der Waals surface area contributed by atoms with Gasteiger partial charge in [0.15, 0.2) is 0 Å². The Balaban J connectivity index is 1.73. The van der Waals surface area contributed by atoms with E-state index in [4.69, 9.17) is 9.47 Å². The van der Waals surface area contributed by atoms with E-state index >= 15 is 0 Å². The zero-order chi connectivity index (χ0) is 16.3. The number of methoxy groups -OCH3 is 1. The van der Waals surface area contributed by atoms with Gasteiger partial charge in [0.2, 0.25) is 5.91 Å². The fraction of sp³-hybridized carbons (Fsp3) is 0.350. The molecule has 0 unspecified atom stereocenters. The highest BCUT2D eigenvalue weighted by molar-refractivity contribution is 5.92. The number of hydrogen-bond acceptors (Lipinski definition) is 3. The summed E-state index contributed by atoms with van der Waals surface area (Å²) in [5, 5.41) is 0. The van der Waals surface area contributed by atoms with Gasteiger partial charge in [-0.15, -0.1) is 0 Å². The van der Waals surface area contributed by atoms with E-state index < -0.39 is 0 Å². The van der Waals surface area contributed by atoms with Crippen LogP contribution in [0, 0.1) is 0 Å². The van der Waals surface area contributed by atoms with Crippen LogP contribution in [0.15, 0.2) is 42.5 Å². The first-order valence-electron chi connectivity index (χ1n) is 8.47. The minimum atomic E-state index is -0.0972. The van der Waals surface area contributed by atoms with Crippen molar-refractivity contribution in [1.29, 1.82) is 0 Å². The lowest BCUT2D eigenvalue weighted by Gasteiger charge is -2.43. The Bertz CT molecular complexity index is 831. The van der Waals surface area contributed by atoms with Crippen LogP contribution in [0.1, 0.15) is 29.4 Å². The van der Waals surface area contributed by atoms with Gasteiger partial charge >= 0.3 is 0 Å². The molecule has 4 heteroatoms. The summed E-state index contributed by atoms with van der Waals surface area (Å²) >= 11 is 0. The second-order valence-corrected chi connectivity index (χ2v) is 6.72. The van der Waals surface area contributed by atoms with Crippen molar-refractivity contribution in [3.8, 4) is 16.9 Å². The minimum absolute atomic E-state index is 0.0704. The van der Waals surface area contributed by atoms with Crippen LogP contribution in [0.5, 0.6) is 5.75 Å². The van der Waals surface area contributed by atoms with Crippen molar-refractivity contribution in [2.45, 2.75) is 24.5 Å². The third kappa shape index (κ3) is 1.80. The van der Waals surface area contributed by atoms with Gasteiger partial charge < -0.3 is 14.4 Å². The number of piperidine rings is 1. The van der Waals surface area contributed by atoms with Gasteiger partial charge in [-0.1, -0.05) is 30.3 Å². The average molecular weight is 321 g/mol. The molecule has 1 amide bonds. The number of rotatable bonds is 1. The van der Waals surface area contributed by atoms with Crippen LogP contribution in [0.25, 0.3) is 11.1 Å². The molecule has 0 saturated carbocycles. The molecule has 5 rings (SSSR count). The van der Waals surface area contributed by atoms with Crippen molar-refractivity contribution in [2.75, 3.05) is 20.3 Å². The maximum Gasteiger partial charge on any atom is 0.232 e. The number of carbonyl (C=O) groups excluding carboxylic acids is 1. The van der Waals surface area contributed by atoms with Gasteiger partial charge in [0.25, 0.3) is 0 Å². The zero-order valence-corrected chi connectivity index (χ0v) is 13.6. The topological polar surface area (TPSA) is 38.8 Å². The van der Waals surface area contributed by atoms with Crippen molar-refractivity contribution in [2.24, 2.45) is 0 Å². The molecular weight excluding hydrogens is 302 g/mol. The van der Waals surface area contributed by atoms with Gasteiger partial charge in [-0.3, -0.25) is 4.79 Å². The summed E-state index contributed by atoms with van der Waals surface area (Å²) in [4.78, 5) is 15.1. The fourth-order valence-electron chi connectivity index (χ4n) is 4.56. The summed E-state index contributed by atoms with van der Waals surface area (Å²) < 4.78 is 11.2. The van der Waals surface area contributed by atoms with Crippen LogP contribution in [-0.2, 0) is 9.53 Å². The van der Waals surface area contributed by atoms with E-state index in [0.29, 0.717) is 13.2 Å². The Kier molecular flexibility index (Phi) is 2.98. The third-order valence-corrected chi connectivity index (χ3v) is 5.64. The van der Waals surface area contributed by atoms with E-state index in [9.17, 15) is 4.79 Å². The van der Waals surface area contributed by atoms with Crippen LogP contribution >= 0.6 is 0 Å². The molecule has 0 bridgehead atoms. The lowest BCUT2D eigenvalue weighted by Crippen LogP contribution is -2.47. The van der Waals surface area contributed by atoms with Crippen molar-refractivity contribution < 1.29 is 14.3 Å². The smallest absolute Gasteiger partial charge is 0.232 e. The van der Waals surface area contributed by atoms with Gasteiger partial charge in [-0.05, 0) is 34.4 Å². The Morgan fingerprint density at radius 3 is 2.88 bits per heavy atom. The van der Waals surface area contributed by atoms with Gasteiger partial charge in [-0.25, -0.2) is 0 Å². The second kappa shape index (κ2) is 5.08. The standard InChI is InChI=1S/C20H19NO3/c1-23-12-6-7-14-16(10-12)13-4-2-3-5-15(13)19-17(14)11-18-21(20(19)22)8-9-24-18/h2-7,10,17-19H,8-9,11H2,1H3/t17-,18+,19+/m1/s1. The second-order valence-electron chi connectivity index (χ2n) is 6.72. The highest BCUT2D eigenvalue weighted by Gasteiger charge is 2.48. The molecule has 3 aliphatic rings. The predicted octanol–water partition coefficient (Wildman–Crippen LogP) is 3.13. The Hall–Kier alpha value is -2.33. The molecule has 4 nitrogen and oxygen atoms in total. The molecule has 2 aromatic carbocycles. The summed E-state index contributed by atoms with van der Waals surface area (Å²) in [5.74, 6) is 1.14. The van der Waals surface area contributed by atoms with Gasteiger partial charge in [0.1, 0.15) is 12.0 Å². The van der Waals surface area contributed by atoms with E-state index in [0.717, 1.165) is 23.3 Å². The van der Waals surface area contributed by atoms with Crippen LogP contribution in [0.3, 0.4) is 0 Å². The number of fused-ring (bicyclic) bond motifs is 7. The highest BCUT2D eigenvalue weighted by Crippen LogP contribution is 2.53. The quantitative estimate of drug-likeness (QED) is 0.810. The summed E-state index contributed by atoms with van der Waals surface area (Å²) in [7, 11) is 1.69. The first-order chi connectivity index (χ1) is 11.8. The fourth-order valence-corrected chi connectivity index (χ4v) is 4.56. The van der Waals surface area contributed by atoms with Crippen molar-refractivity contribution in [3.05, 3.63) is 53.6 Å². The third-order valence-electron chi connectivity index (χ3n) is 5.64. The number of benzene rings is 2. The molecule has 2 saturated heterocycles. The summed E-state index contributed by atoms with van der Waals surface area (Å²) in [6.45, 7) is 1.36. The minimum Gasteiger partial charge on any atom is -0.497 e. The molecular formula is C20H19NO3. The van der Waals surface area contributed by atoms with Gasteiger partial charge in [-0.2, -0.15) is 0 Å². The molecule has 24 heavy (non-hydrogen) atoms. The number of hydrogen-bond donors (Lipinski definition) is 0. The first-order valence-corrected chi connectivity index (χ1v) is 8.47. The molecule has 0 aromatic heterocycles. The normalized spacial score (nSPS) is 27.1.